The molecule has 0 unspecified atom stereocenters. The quantitative estimate of drug-likeness (QED) is 0.580. The van der Waals surface area contributed by atoms with Crippen molar-refractivity contribution in [1.82, 2.24) is 0 Å². The van der Waals surface area contributed by atoms with Crippen LogP contribution < -0.4 is 10.1 Å². The molecule has 1 amide bonds. The maximum Gasteiger partial charge on any atom is 0.318 e. The Bertz CT molecular complexity index is 902. The number of para-hydroxylation sites is 2. The van der Waals surface area contributed by atoms with E-state index in [0.717, 1.165) is 11.1 Å². The van der Waals surface area contributed by atoms with Crippen molar-refractivity contribution in [2.75, 3.05) is 18.5 Å². The standard InChI is InChI=1S/C24H23NO4/c1-2-28-21-16-10-9-15-20(21)25-22(26)17-29-24(27)23(18-11-5-3-6-12-18)19-13-7-4-8-14-19/h3-16,23H,2,17H2,1H3,(H,25,26). The Kier molecular flexibility index (Phi) is 7.00. The highest BCUT2D eigenvalue weighted by Crippen LogP contribution is 2.26. The molecule has 29 heavy (non-hydrogen) atoms. The Balaban J connectivity index is 1.68. The third-order valence-corrected chi connectivity index (χ3v) is 4.31. The van der Waals surface area contributed by atoms with Gasteiger partial charge in [-0.2, -0.15) is 0 Å². The zero-order valence-corrected chi connectivity index (χ0v) is 16.2. The van der Waals surface area contributed by atoms with Crippen molar-refractivity contribution < 1.29 is 19.1 Å². The predicted molar refractivity (Wildman–Crippen MR) is 112 cm³/mol. The van der Waals surface area contributed by atoms with Crippen molar-refractivity contribution in [3.05, 3.63) is 96.1 Å². The Morgan fingerprint density at radius 2 is 1.38 bits per heavy atom. The number of esters is 1. The monoisotopic (exact) mass is 389 g/mol. The number of ether oxygens (including phenoxy) is 2. The van der Waals surface area contributed by atoms with Crippen LogP contribution in [-0.2, 0) is 14.3 Å². The van der Waals surface area contributed by atoms with Crippen LogP contribution in [0.2, 0.25) is 0 Å². The summed E-state index contributed by atoms with van der Waals surface area (Å²) in [5.41, 5.74) is 2.16. The van der Waals surface area contributed by atoms with Crippen LogP contribution in [0.5, 0.6) is 5.75 Å². The zero-order chi connectivity index (χ0) is 20.5. The molecule has 0 aliphatic carbocycles. The lowest BCUT2D eigenvalue weighted by Gasteiger charge is -2.17. The van der Waals surface area contributed by atoms with Gasteiger partial charge >= 0.3 is 5.97 Å². The molecule has 0 fully saturated rings. The first-order chi connectivity index (χ1) is 14.2. The minimum absolute atomic E-state index is 0.380. The van der Waals surface area contributed by atoms with E-state index in [1.807, 2.05) is 73.7 Å². The van der Waals surface area contributed by atoms with Crippen LogP contribution in [0.4, 0.5) is 5.69 Å². The first kappa shape index (κ1) is 20.1. The Morgan fingerprint density at radius 3 is 1.97 bits per heavy atom. The number of carbonyl (C=O) groups excluding carboxylic acids is 2. The Labute approximate surface area is 170 Å². The summed E-state index contributed by atoms with van der Waals surface area (Å²) in [6.45, 7) is 1.97. The molecule has 5 heteroatoms. The van der Waals surface area contributed by atoms with Gasteiger partial charge in [0.1, 0.15) is 11.7 Å². The molecular weight excluding hydrogens is 366 g/mol. The van der Waals surface area contributed by atoms with E-state index in [4.69, 9.17) is 9.47 Å². The third-order valence-electron chi connectivity index (χ3n) is 4.31. The van der Waals surface area contributed by atoms with Crippen molar-refractivity contribution >= 4 is 17.6 Å². The van der Waals surface area contributed by atoms with Gasteiger partial charge < -0.3 is 14.8 Å². The predicted octanol–water partition coefficient (Wildman–Crippen LogP) is 4.40. The molecule has 0 aliphatic heterocycles. The molecule has 1 N–H and O–H groups in total. The molecule has 0 bridgehead atoms. The van der Waals surface area contributed by atoms with Crippen LogP contribution in [-0.4, -0.2) is 25.1 Å². The van der Waals surface area contributed by atoms with E-state index in [9.17, 15) is 9.59 Å². The summed E-state index contributed by atoms with van der Waals surface area (Å²) in [7, 11) is 0. The zero-order valence-electron chi connectivity index (χ0n) is 16.2. The molecule has 0 aliphatic rings. The number of nitrogens with one attached hydrogen (secondary N) is 1. The Hall–Kier alpha value is -3.60. The van der Waals surface area contributed by atoms with E-state index in [0.29, 0.717) is 18.0 Å². The van der Waals surface area contributed by atoms with E-state index in [2.05, 4.69) is 5.32 Å². The van der Waals surface area contributed by atoms with Crippen LogP contribution in [0.25, 0.3) is 0 Å². The largest absolute Gasteiger partial charge is 0.492 e. The topological polar surface area (TPSA) is 64.6 Å². The second kappa shape index (κ2) is 10.1. The van der Waals surface area contributed by atoms with E-state index < -0.39 is 17.8 Å². The molecule has 148 valence electrons. The molecule has 5 nitrogen and oxygen atoms in total. The van der Waals surface area contributed by atoms with Crippen molar-refractivity contribution in [2.24, 2.45) is 0 Å². The second-order valence-corrected chi connectivity index (χ2v) is 6.34. The smallest absolute Gasteiger partial charge is 0.318 e. The van der Waals surface area contributed by atoms with Crippen LogP contribution in [0, 0.1) is 0 Å². The number of anilines is 1. The fourth-order valence-corrected chi connectivity index (χ4v) is 3.01. The lowest BCUT2D eigenvalue weighted by atomic mass is 9.91. The summed E-state index contributed by atoms with van der Waals surface area (Å²) in [5.74, 6) is -0.928. The summed E-state index contributed by atoms with van der Waals surface area (Å²) < 4.78 is 10.8. The van der Waals surface area contributed by atoms with Crippen LogP contribution in [0.15, 0.2) is 84.9 Å². The first-order valence-electron chi connectivity index (χ1n) is 9.47. The number of hydrogen-bond acceptors (Lipinski definition) is 4. The van der Waals surface area contributed by atoms with E-state index in [-0.39, 0.29) is 6.61 Å². The van der Waals surface area contributed by atoms with Gasteiger partial charge in [-0.05, 0) is 30.2 Å². The van der Waals surface area contributed by atoms with E-state index >= 15 is 0 Å². The number of rotatable bonds is 8. The van der Waals surface area contributed by atoms with E-state index in [1.54, 1.807) is 18.2 Å². The van der Waals surface area contributed by atoms with Crippen molar-refractivity contribution in [1.29, 1.82) is 0 Å². The molecule has 3 aromatic carbocycles. The van der Waals surface area contributed by atoms with Crippen LogP contribution >= 0.6 is 0 Å². The van der Waals surface area contributed by atoms with Gasteiger partial charge in [-0.1, -0.05) is 72.8 Å². The normalized spacial score (nSPS) is 10.4. The molecule has 0 radical (unpaired) electrons. The second-order valence-electron chi connectivity index (χ2n) is 6.34. The molecule has 0 saturated carbocycles. The lowest BCUT2D eigenvalue weighted by molar-refractivity contribution is -0.147. The highest BCUT2D eigenvalue weighted by Gasteiger charge is 2.24. The number of amides is 1. The summed E-state index contributed by atoms with van der Waals surface area (Å²) in [5, 5.41) is 2.73. The van der Waals surface area contributed by atoms with Crippen molar-refractivity contribution in [2.45, 2.75) is 12.8 Å². The number of hydrogen-bond donors (Lipinski definition) is 1. The van der Waals surface area contributed by atoms with Crippen LogP contribution in [0.3, 0.4) is 0 Å². The molecule has 3 rings (SSSR count). The highest BCUT2D eigenvalue weighted by atomic mass is 16.5. The molecule has 0 saturated heterocycles. The number of benzene rings is 3. The molecule has 3 aromatic rings. The lowest BCUT2D eigenvalue weighted by Crippen LogP contribution is -2.24. The van der Waals surface area contributed by atoms with Gasteiger partial charge in [-0.3, -0.25) is 9.59 Å². The van der Waals surface area contributed by atoms with Gasteiger partial charge in [0.25, 0.3) is 5.91 Å². The fraction of sp³-hybridized carbons (Fsp3) is 0.167. The molecular formula is C24H23NO4. The average Bonchev–Trinajstić information content (AvgIpc) is 2.76. The fourth-order valence-electron chi connectivity index (χ4n) is 3.01. The Morgan fingerprint density at radius 1 is 0.828 bits per heavy atom. The average molecular weight is 389 g/mol. The molecule has 0 aromatic heterocycles. The summed E-state index contributed by atoms with van der Waals surface area (Å²) in [6.07, 6.45) is 0. The summed E-state index contributed by atoms with van der Waals surface area (Å²) in [6, 6.07) is 25.9. The van der Waals surface area contributed by atoms with Gasteiger partial charge in [0.05, 0.1) is 12.3 Å². The SMILES string of the molecule is CCOc1ccccc1NC(=O)COC(=O)C(c1ccccc1)c1ccccc1. The summed E-state index contributed by atoms with van der Waals surface area (Å²) in [4.78, 5) is 25.2. The maximum absolute atomic E-state index is 12.8. The first-order valence-corrected chi connectivity index (χ1v) is 9.47. The highest BCUT2D eigenvalue weighted by molar-refractivity contribution is 5.94. The van der Waals surface area contributed by atoms with Gasteiger partial charge in [-0.15, -0.1) is 0 Å². The number of carbonyl (C=O) groups is 2. The van der Waals surface area contributed by atoms with Crippen molar-refractivity contribution in [3.63, 3.8) is 0 Å². The maximum atomic E-state index is 12.8. The van der Waals surface area contributed by atoms with Gasteiger partial charge in [0, 0.05) is 0 Å². The van der Waals surface area contributed by atoms with Crippen molar-refractivity contribution in [3.8, 4) is 5.75 Å². The summed E-state index contributed by atoms with van der Waals surface area (Å²) >= 11 is 0. The van der Waals surface area contributed by atoms with Gasteiger partial charge in [0.15, 0.2) is 6.61 Å². The molecule has 0 spiro atoms. The molecule has 0 atom stereocenters. The third kappa shape index (κ3) is 5.45. The van der Waals surface area contributed by atoms with E-state index in [1.165, 1.54) is 0 Å². The minimum Gasteiger partial charge on any atom is -0.492 e. The molecule has 0 heterocycles. The van der Waals surface area contributed by atoms with Crippen LogP contribution in [0.1, 0.15) is 24.0 Å². The van der Waals surface area contributed by atoms with Gasteiger partial charge in [0.2, 0.25) is 0 Å². The minimum atomic E-state index is -0.596. The van der Waals surface area contributed by atoms with Gasteiger partial charge in [-0.25, -0.2) is 0 Å².